The molecule has 3 aromatic carbocycles. The van der Waals surface area contributed by atoms with E-state index in [4.69, 9.17) is 0 Å². The Morgan fingerprint density at radius 3 is 2.24 bits per heavy atom. The monoisotopic (exact) mass is 541 g/mol. The van der Waals surface area contributed by atoms with Crippen LogP contribution in [0.5, 0.6) is 0 Å². The standard InChI is InChI=1S/C26H28BrN3O3S/c1-18-8-10-22(11-9-18)16-30(34(32,33)26-20(3)12-19(2)13-21(26)4)17-25(31)29-28-15-23-6-5-7-24(27)14-23/h5-15H,16-17H2,1-4H3,(H,29,31)/b28-15+. The molecule has 3 aromatic rings. The first-order valence-electron chi connectivity index (χ1n) is 10.8. The van der Waals surface area contributed by atoms with Crippen LogP contribution in [0.4, 0.5) is 0 Å². The first-order valence-corrected chi connectivity index (χ1v) is 13.0. The Balaban J connectivity index is 1.87. The van der Waals surface area contributed by atoms with Gasteiger partial charge < -0.3 is 0 Å². The van der Waals surface area contributed by atoms with Crippen molar-refractivity contribution in [3.05, 3.63) is 98.5 Å². The minimum absolute atomic E-state index is 0.0676. The van der Waals surface area contributed by atoms with Gasteiger partial charge in [-0.25, -0.2) is 13.8 Å². The van der Waals surface area contributed by atoms with E-state index in [9.17, 15) is 13.2 Å². The molecule has 0 radical (unpaired) electrons. The van der Waals surface area contributed by atoms with Gasteiger partial charge in [-0.1, -0.05) is 75.6 Å². The van der Waals surface area contributed by atoms with E-state index >= 15 is 0 Å². The van der Waals surface area contributed by atoms with Crippen molar-refractivity contribution >= 4 is 38.1 Å². The van der Waals surface area contributed by atoms with Gasteiger partial charge >= 0.3 is 0 Å². The first kappa shape index (κ1) is 25.8. The molecule has 0 saturated heterocycles. The summed E-state index contributed by atoms with van der Waals surface area (Å²) in [5.74, 6) is -0.524. The highest BCUT2D eigenvalue weighted by Crippen LogP contribution is 2.26. The molecule has 0 atom stereocenters. The molecular formula is C26H28BrN3O3S. The number of aryl methyl sites for hydroxylation is 4. The van der Waals surface area contributed by atoms with E-state index in [1.165, 1.54) is 10.5 Å². The van der Waals surface area contributed by atoms with E-state index in [0.29, 0.717) is 11.1 Å². The first-order chi connectivity index (χ1) is 16.1. The molecule has 34 heavy (non-hydrogen) atoms. The van der Waals surface area contributed by atoms with Crippen molar-refractivity contribution < 1.29 is 13.2 Å². The molecule has 0 bridgehead atoms. The lowest BCUT2D eigenvalue weighted by molar-refractivity contribution is -0.121. The van der Waals surface area contributed by atoms with E-state index in [1.807, 2.05) is 74.5 Å². The van der Waals surface area contributed by atoms with Crippen LogP contribution in [-0.2, 0) is 21.4 Å². The zero-order chi connectivity index (χ0) is 24.9. The lowest BCUT2D eigenvalue weighted by atomic mass is 10.1. The van der Waals surface area contributed by atoms with E-state index in [2.05, 4.69) is 26.5 Å². The number of benzene rings is 3. The van der Waals surface area contributed by atoms with Crippen LogP contribution in [0.1, 0.15) is 33.4 Å². The van der Waals surface area contributed by atoms with Gasteiger partial charge in [-0.15, -0.1) is 0 Å². The van der Waals surface area contributed by atoms with Crippen molar-refractivity contribution in [1.29, 1.82) is 0 Å². The van der Waals surface area contributed by atoms with Crippen LogP contribution in [0.15, 0.2) is 75.1 Å². The summed E-state index contributed by atoms with van der Waals surface area (Å²) in [5.41, 5.74) is 7.40. The molecule has 178 valence electrons. The molecule has 0 aromatic heterocycles. The molecule has 8 heteroatoms. The van der Waals surface area contributed by atoms with E-state index in [1.54, 1.807) is 13.8 Å². The van der Waals surface area contributed by atoms with Crippen molar-refractivity contribution in [2.24, 2.45) is 5.10 Å². The summed E-state index contributed by atoms with van der Waals surface area (Å²) in [6.45, 7) is 7.15. The summed E-state index contributed by atoms with van der Waals surface area (Å²) >= 11 is 3.39. The van der Waals surface area contributed by atoms with Crippen molar-refractivity contribution in [3.63, 3.8) is 0 Å². The van der Waals surface area contributed by atoms with Crippen LogP contribution in [0.25, 0.3) is 0 Å². The quantitative estimate of drug-likeness (QED) is 0.321. The number of hydrogen-bond donors (Lipinski definition) is 1. The summed E-state index contributed by atoms with van der Waals surface area (Å²) in [6.07, 6.45) is 1.51. The second kappa shape index (κ2) is 11.1. The number of sulfonamides is 1. The number of carbonyl (C=O) groups excluding carboxylic acids is 1. The molecule has 0 heterocycles. The summed E-state index contributed by atoms with van der Waals surface area (Å²) < 4.78 is 29.5. The summed E-state index contributed by atoms with van der Waals surface area (Å²) in [5, 5.41) is 3.99. The highest BCUT2D eigenvalue weighted by atomic mass is 79.9. The van der Waals surface area contributed by atoms with Crippen LogP contribution in [0.3, 0.4) is 0 Å². The molecule has 0 aliphatic rings. The van der Waals surface area contributed by atoms with Crippen LogP contribution >= 0.6 is 15.9 Å². The topological polar surface area (TPSA) is 78.8 Å². The predicted molar refractivity (Wildman–Crippen MR) is 139 cm³/mol. The van der Waals surface area contributed by atoms with E-state index < -0.39 is 15.9 Å². The fourth-order valence-electron chi connectivity index (χ4n) is 3.79. The van der Waals surface area contributed by atoms with Gasteiger partial charge in [0, 0.05) is 11.0 Å². The van der Waals surface area contributed by atoms with Gasteiger partial charge in [0.1, 0.15) is 0 Å². The van der Waals surface area contributed by atoms with Crippen molar-refractivity contribution in [1.82, 2.24) is 9.73 Å². The molecule has 1 amide bonds. The number of rotatable bonds is 8. The average Bonchev–Trinajstić information content (AvgIpc) is 2.74. The number of nitrogens with zero attached hydrogens (tertiary/aromatic N) is 2. The summed E-state index contributed by atoms with van der Waals surface area (Å²) in [4.78, 5) is 12.9. The molecular weight excluding hydrogens is 514 g/mol. The molecule has 0 aliphatic carbocycles. The summed E-state index contributed by atoms with van der Waals surface area (Å²) in [7, 11) is -3.95. The predicted octanol–water partition coefficient (Wildman–Crippen LogP) is 5.02. The van der Waals surface area contributed by atoms with Gasteiger partial charge in [-0.05, 0) is 62.1 Å². The Hall–Kier alpha value is -2.81. The Morgan fingerprint density at radius 1 is 0.971 bits per heavy atom. The fourth-order valence-corrected chi connectivity index (χ4v) is 6.00. The lowest BCUT2D eigenvalue weighted by Crippen LogP contribution is -2.39. The van der Waals surface area contributed by atoms with E-state index in [0.717, 1.165) is 26.7 Å². The minimum Gasteiger partial charge on any atom is -0.272 e. The molecule has 3 rings (SSSR count). The Kier molecular flexibility index (Phi) is 8.41. The average molecular weight is 542 g/mol. The van der Waals surface area contributed by atoms with Gasteiger partial charge in [0.05, 0.1) is 17.7 Å². The maximum absolute atomic E-state index is 13.7. The van der Waals surface area contributed by atoms with Crippen molar-refractivity contribution in [2.75, 3.05) is 6.54 Å². The van der Waals surface area contributed by atoms with Gasteiger partial charge in [-0.3, -0.25) is 4.79 Å². The van der Waals surface area contributed by atoms with Gasteiger partial charge in [0.15, 0.2) is 0 Å². The number of hydrogen-bond acceptors (Lipinski definition) is 4. The van der Waals surface area contributed by atoms with Crippen molar-refractivity contribution in [3.8, 4) is 0 Å². The third kappa shape index (κ3) is 6.62. The number of carbonyl (C=O) groups is 1. The molecule has 0 fully saturated rings. The summed E-state index contributed by atoms with van der Waals surface area (Å²) in [6, 6.07) is 18.7. The van der Waals surface area contributed by atoms with E-state index in [-0.39, 0.29) is 18.0 Å². The zero-order valence-electron chi connectivity index (χ0n) is 19.7. The zero-order valence-corrected chi connectivity index (χ0v) is 22.1. The molecule has 1 N–H and O–H groups in total. The fraction of sp³-hybridized carbons (Fsp3) is 0.231. The Morgan fingerprint density at radius 2 is 1.62 bits per heavy atom. The molecule has 6 nitrogen and oxygen atoms in total. The smallest absolute Gasteiger partial charge is 0.255 e. The highest BCUT2D eigenvalue weighted by Gasteiger charge is 2.30. The number of hydrazone groups is 1. The van der Waals surface area contributed by atoms with Crippen LogP contribution < -0.4 is 5.43 Å². The second-order valence-corrected chi connectivity index (χ2v) is 11.1. The lowest BCUT2D eigenvalue weighted by Gasteiger charge is -2.24. The number of halogens is 1. The maximum Gasteiger partial charge on any atom is 0.255 e. The normalized spacial score (nSPS) is 11.8. The highest BCUT2D eigenvalue weighted by molar-refractivity contribution is 9.10. The molecule has 0 unspecified atom stereocenters. The van der Waals surface area contributed by atoms with Crippen LogP contribution in [0, 0.1) is 27.7 Å². The number of amides is 1. The Bertz CT molecular complexity index is 1300. The molecule has 0 saturated carbocycles. The van der Waals surface area contributed by atoms with Gasteiger partial charge in [0.2, 0.25) is 10.0 Å². The third-order valence-corrected chi connectivity index (χ3v) is 7.84. The Labute approximate surface area is 209 Å². The molecule has 0 spiro atoms. The molecule has 0 aliphatic heterocycles. The second-order valence-electron chi connectivity index (χ2n) is 8.33. The van der Waals surface area contributed by atoms with Crippen molar-refractivity contribution in [2.45, 2.75) is 39.1 Å². The minimum atomic E-state index is -3.95. The third-order valence-electron chi connectivity index (χ3n) is 5.25. The van der Waals surface area contributed by atoms with Gasteiger partial charge in [-0.2, -0.15) is 9.41 Å². The van der Waals surface area contributed by atoms with Gasteiger partial charge in [0.25, 0.3) is 5.91 Å². The SMILES string of the molecule is Cc1ccc(CN(CC(=O)N/N=C/c2cccc(Br)c2)S(=O)(=O)c2c(C)cc(C)cc2C)cc1. The van der Waals surface area contributed by atoms with Crippen LogP contribution in [0.2, 0.25) is 0 Å². The largest absolute Gasteiger partial charge is 0.272 e. The van der Waals surface area contributed by atoms with Crippen LogP contribution in [-0.4, -0.2) is 31.4 Å². The maximum atomic E-state index is 13.7. The number of nitrogens with one attached hydrogen (secondary N) is 1.